The molecule has 1 aliphatic rings. The van der Waals surface area contributed by atoms with Crippen molar-refractivity contribution in [3.63, 3.8) is 0 Å². The molecular weight excluding hydrogens is 142 g/mol. The molecule has 1 heterocycles. The van der Waals surface area contributed by atoms with Crippen molar-refractivity contribution in [1.29, 1.82) is 0 Å². The van der Waals surface area contributed by atoms with Gasteiger partial charge in [-0.25, -0.2) is 0 Å². The van der Waals surface area contributed by atoms with Crippen LogP contribution in [0.5, 0.6) is 0 Å². The normalized spacial score (nSPS) is 27.5. The average Bonchev–Trinajstić information content (AvgIpc) is 1.93. The van der Waals surface area contributed by atoms with Crippen LogP contribution in [0.4, 0.5) is 0 Å². The van der Waals surface area contributed by atoms with Crippen LogP contribution in [0.15, 0.2) is 23.8 Å². The van der Waals surface area contributed by atoms with Crippen molar-refractivity contribution < 1.29 is 0 Å². The fourth-order valence-corrected chi connectivity index (χ4v) is 1.82. The lowest BCUT2D eigenvalue weighted by molar-refractivity contribution is 0.676. The van der Waals surface area contributed by atoms with Crippen molar-refractivity contribution >= 4 is 11.8 Å². The number of hydrogen-bond acceptors (Lipinski definition) is 2. The molecule has 1 fully saturated rings. The molecule has 0 spiro atoms. The second kappa shape index (κ2) is 3.15. The topological polar surface area (TPSA) is 12.0 Å². The van der Waals surface area contributed by atoms with Gasteiger partial charge in [0.05, 0.1) is 0 Å². The lowest BCUT2D eigenvalue weighted by Gasteiger charge is -2.09. The quantitative estimate of drug-likeness (QED) is 0.575. The molecule has 1 saturated heterocycles. The van der Waals surface area contributed by atoms with E-state index in [0.29, 0.717) is 6.04 Å². The minimum Gasteiger partial charge on any atom is -0.385 e. The van der Waals surface area contributed by atoms with Crippen LogP contribution in [-0.2, 0) is 0 Å². The Bertz CT molecular complexity index is 163. The summed E-state index contributed by atoms with van der Waals surface area (Å²) < 4.78 is 0. The molecule has 2 heteroatoms. The van der Waals surface area contributed by atoms with Gasteiger partial charge in [-0.3, -0.25) is 0 Å². The minimum absolute atomic E-state index is 0.539. The van der Waals surface area contributed by atoms with Gasteiger partial charge < -0.3 is 5.32 Å². The van der Waals surface area contributed by atoms with E-state index >= 15 is 0 Å². The molecule has 0 aromatic rings. The highest BCUT2D eigenvalue weighted by molar-refractivity contribution is 8.03. The molecule has 0 amide bonds. The highest BCUT2D eigenvalue weighted by Gasteiger charge is 2.10. The Balaban J connectivity index is 2.54. The summed E-state index contributed by atoms with van der Waals surface area (Å²) in [6.45, 7) is 9.97. The fourth-order valence-electron chi connectivity index (χ4n) is 0.973. The molecule has 1 N–H and O–H groups in total. The van der Waals surface area contributed by atoms with Gasteiger partial charge in [-0.15, -0.1) is 11.8 Å². The second-order valence-corrected chi connectivity index (χ2v) is 3.87. The van der Waals surface area contributed by atoms with E-state index in [0.717, 1.165) is 17.9 Å². The van der Waals surface area contributed by atoms with Crippen molar-refractivity contribution in [1.82, 2.24) is 5.32 Å². The first-order valence-electron chi connectivity index (χ1n) is 3.43. The highest BCUT2D eigenvalue weighted by Crippen LogP contribution is 2.24. The largest absolute Gasteiger partial charge is 0.385 e. The summed E-state index contributed by atoms with van der Waals surface area (Å²) in [5.74, 6) is 1.11. The van der Waals surface area contributed by atoms with Crippen LogP contribution in [0.1, 0.15) is 13.3 Å². The Morgan fingerprint density at radius 1 is 1.60 bits per heavy atom. The number of allylic oxidation sites excluding steroid dienone is 1. The van der Waals surface area contributed by atoms with E-state index in [1.54, 1.807) is 0 Å². The summed E-state index contributed by atoms with van der Waals surface area (Å²) in [5, 5.41) is 3.30. The maximum Gasteiger partial charge on any atom is 0.0323 e. The monoisotopic (exact) mass is 155 g/mol. The molecule has 0 radical (unpaired) electrons. The van der Waals surface area contributed by atoms with E-state index in [4.69, 9.17) is 0 Å². The summed E-state index contributed by atoms with van der Waals surface area (Å²) in [5.41, 5.74) is 1.10. The Hall–Kier alpha value is -0.370. The van der Waals surface area contributed by atoms with Crippen LogP contribution < -0.4 is 5.32 Å². The van der Waals surface area contributed by atoms with Gasteiger partial charge in [0.15, 0.2) is 0 Å². The van der Waals surface area contributed by atoms with Crippen LogP contribution in [0.2, 0.25) is 0 Å². The van der Waals surface area contributed by atoms with E-state index in [-0.39, 0.29) is 0 Å². The van der Waals surface area contributed by atoms with Crippen molar-refractivity contribution in [2.45, 2.75) is 19.4 Å². The van der Waals surface area contributed by atoms with E-state index in [1.165, 1.54) is 4.91 Å². The highest BCUT2D eigenvalue weighted by atomic mass is 32.2. The number of rotatable bonds is 0. The summed E-state index contributed by atoms with van der Waals surface area (Å²) in [4.78, 5) is 1.22. The van der Waals surface area contributed by atoms with E-state index in [9.17, 15) is 0 Å². The van der Waals surface area contributed by atoms with Gasteiger partial charge in [0.2, 0.25) is 0 Å². The molecule has 1 aliphatic heterocycles. The predicted octanol–water partition coefficient (Wildman–Crippen LogP) is 2.13. The Kier molecular flexibility index (Phi) is 2.44. The van der Waals surface area contributed by atoms with Gasteiger partial charge in [0, 0.05) is 23.9 Å². The standard InChI is InChI=1S/C8H13NS/c1-6-4-8(3)10-5-7(2)9-6/h7,9H,1,3-5H2,2H3. The van der Waals surface area contributed by atoms with Gasteiger partial charge >= 0.3 is 0 Å². The first-order valence-corrected chi connectivity index (χ1v) is 4.42. The molecule has 1 rings (SSSR count). The molecule has 1 atom stereocenters. The number of nitrogens with one attached hydrogen (secondary N) is 1. The Labute approximate surface area is 66.6 Å². The third-order valence-corrected chi connectivity index (χ3v) is 2.62. The number of hydrogen-bond donors (Lipinski definition) is 1. The second-order valence-electron chi connectivity index (χ2n) is 2.68. The predicted molar refractivity (Wildman–Crippen MR) is 48.0 cm³/mol. The molecular formula is C8H13NS. The Morgan fingerprint density at radius 3 is 3.00 bits per heavy atom. The molecule has 1 unspecified atom stereocenters. The first kappa shape index (κ1) is 7.73. The zero-order valence-corrected chi connectivity index (χ0v) is 7.13. The van der Waals surface area contributed by atoms with Crippen molar-refractivity contribution in [3.8, 4) is 0 Å². The van der Waals surface area contributed by atoms with E-state index < -0.39 is 0 Å². The third-order valence-electron chi connectivity index (χ3n) is 1.40. The van der Waals surface area contributed by atoms with Gasteiger partial charge in [-0.2, -0.15) is 0 Å². The van der Waals surface area contributed by atoms with Gasteiger partial charge in [-0.05, 0) is 11.8 Å². The van der Waals surface area contributed by atoms with Crippen LogP contribution >= 0.6 is 11.8 Å². The van der Waals surface area contributed by atoms with Crippen molar-refractivity contribution in [3.05, 3.63) is 23.8 Å². The molecule has 10 heavy (non-hydrogen) atoms. The maximum absolute atomic E-state index is 3.92. The van der Waals surface area contributed by atoms with E-state index in [1.807, 2.05) is 11.8 Å². The minimum atomic E-state index is 0.539. The Morgan fingerprint density at radius 2 is 2.30 bits per heavy atom. The fraction of sp³-hybridized carbons (Fsp3) is 0.500. The third kappa shape index (κ3) is 2.10. The van der Waals surface area contributed by atoms with Crippen LogP contribution in [0.3, 0.4) is 0 Å². The zero-order valence-electron chi connectivity index (χ0n) is 6.31. The number of thioether (sulfide) groups is 1. The molecule has 0 saturated carbocycles. The summed E-state index contributed by atoms with van der Waals surface area (Å²) in [6.07, 6.45) is 0.926. The summed E-state index contributed by atoms with van der Waals surface area (Å²) in [7, 11) is 0. The van der Waals surface area contributed by atoms with Crippen LogP contribution in [-0.4, -0.2) is 11.8 Å². The first-order chi connectivity index (χ1) is 4.68. The lowest BCUT2D eigenvalue weighted by atomic mass is 10.3. The molecule has 0 bridgehead atoms. The summed E-state index contributed by atoms with van der Waals surface area (Å²) in [6, 6.07) is 0.539. The van der Waals surface area contributed by atoms with Crippen LogP contribution in [0.25, 0.3) is 0 Å². The zero-order chi connectivity index (χ0) is 7.56. The molecule has 56 valence electrons. The lowest BCUT2D eigenvalue weighted by Crippen LogP contribution is -2.24. The van der Waals surface area contributed by atoms with Gasteiger partial charge in [0.1, 0.15) is 0 Å². The SMILES string of the molecule is C=C1CC(=C)SCC(C)N1. The van der Waals surface area contributed by atoms with Crippen molar-refractivity contribution in [2.24, 2.45) is 0 Å². The molecule has 0 aliphatic carbocycles. The molecule has 0 aromatic heterocycles. The average molecular weight is 155 g/mol. The molecule has 1 nitrogen and oxygen atoms in total. The van der Waals surface area contributed by atoms with Crippen LogP contribution in [0, 0.1) is 0 Å². The smallest absolute Gasteiger partial charge is 0.0323 e. The summed E-state index contributed by atoms with van der Waals surface area (Å²) >= 11 is 1.83. The van der Waals surface area contributed by atoms with Gasteiger partial charge in [-0.1, -0.05) is 13.2 Å². The van der Waals surface area contributed by atoms with Crippen molar-refractivity contribution in [2.75, 3.05) is 5.75 Å². The molecule has 0 aromatic carbocycles. The van der Waals surface area contributed by atoms with Gasteiger partial charge in [0.25, 0.3) is 0 Å². The maximum atomic E-state index is 3.92. The van der Waals surface area contributed by atoms with E-state index in [2.05, 4.69) is 25.4 Å².